The normalized spacial score (nSPS) is 11.9. The second-order valence-corrected chi connectivity index (χ2v) is 8.56. The quantitative estimate of drug-likeness (QED) is 0.235. The molecule has 0 radical (unpaired) electrons. The molecular weight excluding hydrogens is 494 g/mol. The van der Waals surface area contributed by atoms with E-state index in [2.05, 4.69) is 21.1 Å². The smallest absolute Gasteiger partial charge is 0.240 e. The van der Waals surface area contributed by atoms with E-state index >= 15 is 0 Å². The highest BCUT2D eigenvalue weighted by atomic mass is 35.5. The fourth-order valence-electron chi connectivity index (χ4n) is 2.55. The number of rotatable bonds is 9. The van der Waals surface area contributed by atoms with Gasteiger partial charge in [0.05, 0.1) is 31.5 Å². The molecule has 10 heteroatoms. The third-order valence-electron chi connectivity index (χ3n) is 4.43. The average Bonchev–Trinajstić information content (AvgIpc) is 2.77. The van der Waals surface area contributed by atoms with Gasteiger partial charge in [-0.1, -0.05) is 58.5 Å². The zero-order chi connectivity index (χ0) is 23.7. The van der Waals surface area contributed by atoms with E-state index in [1.807, 2.05) is 0 Å². The van der Waals surface area contributed by atoms with E-state index in [-0.39, 0.29) is 24.7 Å². The fourth-order valence-corrected chi connectivity index (χ4v) is 3.14. The van der Waals surface area contributed by atoms with Crippen molar-refractivity contribution in [2.45, 2.75) is 39.5 Å². The van der Waals surface area contributed by atoms with Gasteiger partial charge in [-0.3, -0.25) is 9.59 Å². The molecule has 0 aliphatic heterocycles. The van der Waals surface area contributed by atoms with Crippen LogP contribution in [0.4, 0.5) is 0 Å². The number of amides is 2. The molecule has 0 spiro atoms. The molecule has 0 fully saturated rings. The molecule has 0 saturated carbocycles. The number of carbonyl (C=O) groups excluding carboxylic acids is 2. The van der Waals surface area contributed by atoms with Crippen LogP contribution in [0.2, 0.25) is 20.1 Å². The van der Waals surface area contributed by atoms with Gasteiger partial charge in [0.15, 0.2) is 0 Å². The first kappa shape index (κ1) is 26.1. The van der Waals surface area contributed by atoms with E-state index < -0.39 is 0 Å². The monoisotopic (exact) mass is 514 g/mol. The van der Waals surface area contributed by atoms with Crippen molar-refractivity contribution in [3.63, 3.8) is 0 Å². The van der Waals surface area contributed by atoms with E-state index in [0.29, 0.717) is 44.4 Å². The Balaban J connectivity index is 1.70. The molecule has 6 nitrogen and oxygen atoms in total. The molecule has 2 aromatic rings. The Labute approximate surface area is 207 Å². The number of halogens is 4. The van der Waals surface area contributed by atoms with Gasteiger partial charge < -0.3 is 0 Å². The summed E-state index contributed by atoms with van der Waals surface area (Å²) in [7, 11) is 0. The molecule has 170 valence electrons. The number of carbonyl (C=O) groups is 2. The third-order valence-corrected chi connectivity index (χ3v) is 5.91. The van der Waals surface area contributed by atoms with Crippen molar-refractivity contribution in [2.24, 2.45) is 10.2 Å². The van der Waals surface area contributed by atoms with Crippen LogP contribution in [0, 0.1) is 0 Å². The molecule has 0 aliphatic rings. The molecule has 2 rings (SSSR count). The minimum absolute atomic E-state index is 0.238. The molecule has 2 N–H and O–H groups in total. The van der Waals surface area contributed by atoms with Gasteiger partial charge in [0, 0.05) is 12.8 Å². The topological polar surface area (TPSA) is 82.9 Å². The summed E-state index contributed by atoms with van der Waals surface area (Å²) in [6.07, 6.45) is 1.57. The standard InChI is InChI=1S/C22H22Cl4N4O2/c1-13(15-7-9-17(23)19(25)11-15)27-29-21(31)5-3-4-6-22(32)30-28-14(2)16-8-10-18(24)20(26)12-16/h7-12H,3-6H2,1-2H3,(H,29,31)(H,30,32). The number of hydrogen-bond acceptors (Lipinski definition) is 4. The summed E-state index contributed by atoms with van der Waals surface area (Å²) in [4.78, 5) is 23.9. The van der Waals surface area contributed by atoms with Crippen LogP contribution in [0.5, 0.6) is 0 Å². The van der Waals surface area contributed by atoms with Crippen molar-refractivity contribution in [1.29, 1.82) is 0 Å². The van der Waals surface area contributed by atoms with Crippen molar-refractivity contribution in [2.75, 3.05) is 0 Å². The van der Waals surface area contributed by atoms with Crippen LogP contribution in [0.3, 0.4) is 0 Å². The van der Waals surface area contributed by atoms with E-state index in [1.165, 1.54) is 0 Å². The van der Waals surface area contributed by atoms with Crippen molar-refractivity contribution in [1.82, 2.24) is 10.9 Å². The summed E-state index contributed by atoms with van der Waals surface area (Å²) in [5, 5.41) is 9.87. The van der Waals surface area contributed by atoms with E-state index in [0.717, 1.165) is 11.1 Å². The first-order valence-electron chi connectivity index (χ1n) is 9.74. The summed E-state index contributed by atoms with van der Waals surface area (Å²) in [6.45, 7) is 3.51. The minimum Gasteiger partial charge on any atom is -0.273 e. The van der Waals surface area contributed by atoms with Gasteiger partial charge in [0.2, 0.25) is 11.8 Å². The molecular formula is C22H22Cl4N4O2. The van der Waals surface area contributed by atoms with Gasteiger partial charge in [0.1, 0.15) is 0 Å². The Hall–Kier alpha value is -2.12. The molecule has 0 heterocycles. The van der Waals surface area contributed by atoms with Gasteiger partial charge >= 0.3 is 0 Å². The third kappa shape index (κ3) is 8.43. The summed E-state index contributed by atoms with van der Waals surface area (Å²) < 4.78 is 0. The van der Waals surface area contributed by atoms with Crippen LogP contribution in [-0.4, -0.2) is 23.2 Å². The van der Waals surface area contributed by atoms with Gasteiger partial charge in [-0.25, -0.2) is 10.9 Å². The Morgan fingerprint density at radius 3 is 1.41 bits per heavy atom. The Morgan fingerprint density at radius 1 is 0.688 bits per heavy atom. The van der Waals surface area contributed by atoms with Gasteiger partial charge in [-0.05, 0) is 62.1 Å². The highest BCUT2D eigenvalue weighted by Gasteiger charge is 2.07. The molecule has 2 amide bonds. The second kappa shape index (κ2) is 12.8. The van der Waals surface area contributed by atoms with Crippen molar-refractivity contribution < 1.29 is 9.59 Å². The number of nitrogens with one attached hydrogen (secondary N) is 2. The predicted octanol–water partition coefficient (Wildman–Crippen LogP) is 6.24. The number of hydrazone groups is 2. The van der Waals surface area contributed by atoms with Crippen molar-refractivity contribution in [3.8, 4) is 0 Å². The minimum atomic E-state index is -0.238. The first-order valence-corrected chi connectivity index (χ1v) is 11.3. The SMILES string of the molecule is CC(=NNC(=O)CCCCC(=O)NN=C(C)c1ccc(Cl)c(Cl)c1)c1ccc(Cl)c(Cl)c1. The maximum atomic E-state index is 12.0. The Bertz CT molecular complexity index is 971. The van der Waals surface area contributed by atoms with Crippen LogP contribution in [0.15, 0.2) is 46.6 Å². The highest BCUT2D eigenvalue weighted by Crippen LogP contribution is 2.23. The molecule has 0 atom stereocenters. The lowest BCUT2D eigenvalue weighted by Gasteiger charge is -2.05. The summed E-state index contributed by atoms with van der Waals surface area (Å²) in [5.41, 5.74) is 7.72. The molecule has 2 aromatic carbocycles. The van der Waals surface area contributed by atoms with Gasteiger partial charge in [0.25, 0.3) is 0 Å². The highest BCUT2D eigenvalue weighted by molar-refractivity contribution is 6.42. The van der Waals surface area contributed by atoms with E-state index in [4.69, 9.17) is 46.4 Å². The number of nitrogens with zero attached hydrogens (tertiary/aromatic N) is 2. The number of hydrogen-bond donors (Lipinski definition) is 2. The lowest BCUT2D eigenvalue weighted by molar-refractivity contribution is -0.123. The molecule has 32 heavy (non-hydrogen) atoms. The molecule has 0 unspecified atom stereocenters. The first-order chi connectivity index (χ1) is 15.2. The average molecular weight is 516 g/mol. The Morgan fingerprint density at radius 2 is 1.06 bits per heavy atom. The van der Waals surface area contributed by atoms with Crippen molar-refractivity contribution in [3.05, 3.63) is 67.6 Å². The zero-order valence-electron chi connectivity index (χ0n) is 17.5. The fraction of sp³-hybridized carbons (Fsp3) is 0.273. The van der Waals surface area contributed by atoms with Crippen LogP contribution in [0.25, 0.3) is 0 Å². The molecule has 0 aromatic heterocycles. The van der Waals surface area contributed by atoms with Gasteiger partial charge in [-0.15, -0.1) is 0 Å². The lowest BCUT2D eigenvalue weighted by Crippen LogP contribution is -2.20. The Kier molecular flexibility index (Phi) is 10.5. The number of benzene rings is 2. The predicted molar refractivity (Wildman–Crippen MR) is 132 cm³/mol. The van der Waals surface area contributed by atoms with E-state index in [9.17, 15) is 9.59 Å². The summed E-state index contributed by atoms with van der Waals surface area (Å²) in [5.74, 6) is -0.475. The largest absolute Gasteiger partial charge is 0.273 e. The molecule has 0 saturated heterocycles. The zero-order valence-corrected chi connectivity index (χ0v) is 20.5. The van der Waals surface area contributed by atoms with Crippen LogP contribution >= 0.6 is 46.4 Å². The second-order valence-electron chi connectivity index (χ2n) is 6.93. The molecule has 0 aliphatic carbocycles. The van der Waals surface area contributed by atoms with Crippen molar-refractivity contribution >= 4 is 69.6 Å². The maximum Gasteiger partial charge on any atom is 0.240 e. The summed E-state index contributed by atoms with van der Waals surface area (Å²) >= 11 is 23.8. The number of unbranched alkanes of at least 4 members (excludes halogenated alkanes) is 1. The lowest BCUT2D eigenvalue weighted by atomic mass is 10.1. The summed E-state index contributed by atoms with van der Waals surface area (Å²) in [6, 6.07) is 10.2. The van der Waals surface area contributed by atoms with Crippen LogP contribution in [0.1, 0.15) is 50.7 Å². The van der Waals surface area contributed by atoms with Gasteiger partial charge in [-0.2, -0.15) is 10.2 Å². The van der Waals surface area contributed by atoms with E-state index in [1.54, 1.807) is 50.2 Å². The maximum absolute atomic E-state index is 12.0. The van der Waals surface area contributed by atoms with Crippen LogP contribution < -0.4 is 10.9 Å². The van der Waals surface area contributed by atoms with Crippen LogP contribution in [-0.2, 0) is 9.59 Å². The molecule has 0 bridgehead atoms.